The van der Waals surface area contributed by atoms with Crippen molar-refractivity contribution in [1.82, 2.24) is 9.55 Å². The van der Waals surface area contributed by atoms with E-state index < -0.39 is 0 Å². The number of fused-ring (bicyclic) bond motifs is 2. The van der Waals surface area contributed by atoms with Crippen LogP contribution in [0.3, 0.4) is 0 Å². The molecule has 0 aliphatic carbocycles. The van der Waals surface area contributed by atoms with Gasteiger partial charge in [-0.1, -0.05) is 12.1 Å². The van der Waals surface area contributed by atoms with Gasteiger partial charge in [0.05, 0.1) is 18.0 Å². The highest BCUT2D eigenvalue weighted by Gasteiger charge is 2.16. The Hall–Kier alpha value is -2.82. The molecule has 0 unspecified atom stereocenters. The number of nitrogens with zero attached hydrogens (tertiary/aromatic N) is 2. The van der Waals surface area contributed by atoms with Crippen LogP contribution in [0.15, 0.2) is 47.3 Å². The third-order valence-corrected chi connectivity index (χ3v) is 4.35. The molecule has 0 amide bonds. The highest BCUT2D eigenvalue weighted by atomic mass is 16.5. The lowest BCUT2D eigenvalue weighted by atomic mass is 10.2. The maximum atomic E-state index is 12.6. The molecule has 2 heterocycles. The zero-order chi connectivity index (χ0) is 16.5. The molecule has 2 aromatic carbocycles. The summed E-state index contributed by atoms with van der Waals surface area (Å²) >= 11 is 0. The largest absolute Gasteiger partial charge is 0.497 e. The van der Waals surface area contributed by atoms with Crippen LogP contribution in [0.1, 0.15) is 17.8 Å². The van der Waals surface area contributed by atoms with E-state index in [1.165, 1.54) is 0 Å². The van der Waals surface area contributed by atoms with Crippen molar-refractivity contribution < 1.29 is 9.47 Å². The van der Waals surface area contributed by atoms with Gasteiger partial charge in [-0.25, -0.2) is 4.98 Å². The number of benzene rings is 2. The van der Waals surface area contributed by atoms with Crippen molar-refractivity contribution in [2.45, 2.75) is 26.0 Å². The van der Waals surface area contributed by atoms with Crippen LogP contribution in [-0.2, 0) is 19.6 Å². The van der Waals surface area contributed by atoms with Crippen molar-refractivity contribution in [2.75, 3.05) is 7.11 Å². The summed E-state index contributed by atoms with van der Waals surface area (Å²) in [5.41, 5.74) is 1.81. The van der Waals surface area contributed by atoms with E-state index in [0.29, 0.717) is 17.7 Å². The second-order valence-electron chi connectivity index (χ2n) is 5.90. The van der Waals surface area contributed by atoms with E-state index in [1.54, 1.807) is 17.7 Å². The molecule has 1 aliphatic rings. The Kier molecular flexibility index (Phi) is 3.69. The van der Waals surface area contributed by atoms with E-state index in [0.717, 1.165) is 42.0 Å². The summed E-state index contributed by atoms with van der Waals surface area (Å²) in [5.74, 6) is 2.38. The third kappa shape index (κ3) is 2.62. The molecule has 0 N–H and O–H groups in total. The maximum absolute atomic E-state index is 12.6. The SMILES string of the molecule is COc1ccc(COc2ccc3nc4n(c(=O)c3c2)CCC4)cc1. The van der Waals surface area contributed by atoms with E-state index in [-0.39, 0.29) is 5.56 Å². The summed E-state index contributed by atoms with van der Waals surface area (Å²) in [6.07, 6.45) is 1.86. The van der Waals surface area contributed by atoms with Crippen molar-refractivity contribution in [3.8, 4) is 11.5 Å². The molecule has 0 saturated heterocycles. The lowest BCUT2D eigenvalue weighted by molar-refractivity contribution is 0.306. The molecular formula is C19H18N2O3. The Morgan fingerprint density at radius 3 is 2.71 bits per heavy atom. The minimum atomic E-state index is 0.0300. The lowest BCUT2D eigenvalue weighted by Gasteiger charge is -2.09. The van der Waals surface area contributed by atoms with Gasteiger partial charge in [-0.15, -0.1) is 0 Å². The fourth-order valence-corrected chi connectivity index (χ4v) is 3.04. The number of rotatable bonds is 4. The molecule has 1 aliphatic heterocycles. The van der Waals surface area contributed by atoms with Gasteiger partial charge in [0.1, 0.15) is 23.9 Å². The number of methoxy groups -OCH3 is 1. The van der Waals surface area contributed by atoms with Crippen LogP contribution < -0.4 is 15.0 Å². The molecule has 122 valence electrons. The predicted octanol–water partition coefficient (Wildman–Crippen LogP) is 2.93. The molecule has 0 bridgehead atoms. The maximum Gasteiger partial charge on any atom is 0.261 e. The topological polar surface area (TPSA) is 53.4 Å². The van der Waals surface area contributed by atoms with E-state index >= 15 is 0 Å². The standard InChI is InChI=1S/C19H18N2O3/c1-23-14-6-4-13(5-7-14)12-24-15-8-9-17-16(11-15)19(22)21-10-2-3-18(21)20-17/h4-9,11H,2-3,10,12H2,1H3. The van der Waals surface area contributed by atoms with Crippen molar-refractivity contribution >= 4 is 10.9 Å². The summed E-state index contributed by atoms with van der Waals surface area (Å²) in [7, 11) is 1.64. The van der Waals surface area contributed by atoms with Crippen molar-refractivity contribution in [2.24, 2.45) is 0 Å². The Balaban J connectivity index is 1.59. The van der Waals surface area contributed by atoms with Gasteiger partial charge in [-0.2, -0.15) is 0 Å². The van der Waals surface area contributed by atoms with Crippen LogP contribution in [0.5, 0.6) is 11.5 Å². The first-order chi connectivity index (χ1) is 11.7. The van der Waals surface area contributed by atoms with Crippen LogP contribution >= 0.6 is 0 Å². The molecule has 0 radical (unpaired) electrons. The molecule has 5 heteroatoms. The van der Waals surface area contributed by atoms with E-state index in [1.807, 2.05) is 36.4 Å². The average molecular weight is 322 g/mol. The van der Waals surface area contributed by atoms with Crippen LogP contribution in [0.25, 0.3) is 10.9 Å². The Morgan fingerprint density at radius 2 is 1.92 bits per heavy atom. The molecular weight excluding hydrogens is 304 g/mol. The fourth-order valence-electron chi connectivity index (χ4n) is 3.04. The van der Waals surface area contributed by atoms with Gasteiger partial charge in [0.25, 0.3) is 5.56 Å². The first kappa shape index (κ1) is 14.8. The molecule has 3 aromatic rings. The van der Waals surface area contributed by atoms with Gasteiger partial charge in [-0.05, 0) is 42.3 Å². The van der Waals surface area contributed by atoms with Crippen molar-refractivity contribution in [3.05, 3.63) is 64.2 Å². The number of aryl methyl sites for hydroxylation is 1. The van der Waals surface area contributed by atoms with Crippen molar-refractivity contribution in [1.29, 1.82) is 0 Å². The zero-order valence-electron chi connectivity index (χ0n) is 13.5. The Bertz CT molecular complexity index is 945. The fraction of sp³-hybridized carbons (Fsp3) is 0.263. The summed E-state index contributed by atoms with van der Waals surface area (Å²) < 4.78 is 12.7. The van der Waals surface area contributed by atoms with Crippen LogP contribution in [0, 0.1) is 0 Å². The van der Waals surface area contributed by atoms with Gasteiger partial charge in [0.2, 0.25) is 0 Å². The van der Waals surface area contributed by atoms with Crippen LogP contribution in [0.4, 0.5) is 0 Å². The Morgan fingerprint density at radius 1 is 1.12 bits per heavy atom. The molecule has 0 spiro atoms. The van der Waals surface area contributed by atoms with Gasteiger partial charge >= 0.3 is 0 Å². The highest BCUT2D eigenvalue weighted by Crippen LogP contribution is 2.21. The minimum absolute atomic E-state index is 0.0300. The number of hydrogen-bond acceptors (Lipinski definition) is 4. The second-order valence-corrected chi connectivity index (χ2v) is 5.90. The summed E-state index contributed by atoms with van der Waals surface area (Å²) in [6, 6.07) is 13.2. The normalized spacial score (nSPS) is 13.0. The third-order valence-electron chi connectivity index (χ3n) is 4.35. The zero-order valence-corrected chi connectivity index (χ0v) is 13.5. The van der Waals surface area contributed by atoms with Gasteiger partial charge < -0.3 is 9.47 Å². The summed E-state index contributed by atoms with van der Waals surface area (Å²) in [4.78, 5) is 17.2. The Labute approximate surface area is 139 Å². The van der Waals surface area contributed by atoms with Gasteiger partial charge in [-0.3, -0.25) is 9.36 Å². The molecule has 24 heavy (non-hydrogen) atoms. The first-order valence-electron chi connectivity index (χ1n) is 8.04. The molecule has 0 fully saturated rings. The molecule has 0 saturated carbocycles. The molecule has 1 aromatic heterocycles. The molecule has 5 nitrogen and oxygen atoms in total. The van der Waals surface area contributed by atoms with Crippen LogP contribution in [-0.4, -0.2) is 16.7 Å². The quantitative estimate of drug-likeness (QED) is 0.741. The summed E-state index contributed by atoms with van der Waals surface area (Å²) in [6.45, 7) is 1.20. The smallest absolute Gasteiger partial charge is 0.261 e. The second kappa shape index (κ2) is 6.00. The first-order valence-corrected chi connectivity index (χ1v) is 8.04. The molecule has 4 rings (SSSR count). The van der Waals surface area contributed by atoms with Gasteiger partial charge in [0.15, 0.2) is 0 Å². The number of ether oxygens (including phenoxy) is 2. The van der Waals surface area contributed by atoms with Gasteiger partial charge in [0, 0.05) is 13.0 Å². The monoisotopic (exact) mass is 322 g/mol. The number of hydrogen-bond donors (Lipinski definition) is 0. The molecule has 0 atom stereocenters. The highest BCUT2D eigenvalue weighted by molar-refractivity contribution is 5.79. The van der Waals surface area contributed by atoms with E-state index in [4.69, 9.17) is 9.47 Å². The average Bonchev–Trinajstić information content (AvgIpc) is 3.09. The number of aromatic nitrogens is 2. The predicted molar refractivity (Wildman–Crippen MR) is 91.7 cm³/mol. The summed E-state index contributed by atoms with van der Waals surface area (Å²) in [5, 5.41) is 0.618. The van der Waals surface area contributed by atoms with E-state index in [9.17, 15) is 4.79 Å². The van der Waals surface area contributed by atoms with Crippen molar-refractivity contribution in [3.63, 3.8) is 0 Å². The lowest BCUT2D eigenvalue weighted by Crippen LogP contribution is -2.20. The van der Waals surface area contributed by atoms with Crippen LogP contribution in [0.2, 0.25) is 0 Å². The minimum Gasteiger partial charge on any atom is -0.497 e. The van der Waals surface area contributed by atoms with E-state index in [2.05, 4.69) is 4.98 Å².